The first kappa shape index (κ1) is 12.4. The first-order valence-electron chi connectivity index (χ1n) is 3.96. The molecular weight excluding hydrogens is 187 g/mol. The molecule has 3 nitrogen and oxygen atoms in total. The highest BCUT2D eigenvalue weighted by Crippen LogP contribution is 2.15. The molecule has 0 heterocycles. The van der Waals surface area contributed by atoms with E-state index in [0.29, 0.717) is 0 Å². The Bertz CT molecular complexity index is 209. The molecule has 0 rings (SSSR count). The summed E-state index contributed by atoms with van der Waals surface area (Å²) in [6.45, 7) is 7.38. The second-order valence-corrected chi connectivity index (χ2v) is 3.25. The van der Waals surface area contributed by atoms with Gasteiger partial charge in [-0.25, -0.2) is 0 Å². The third-order valence-corrected chi connectivity index (χ3v) is 1.81. The van der Waals surface area contributed by atoms with Gasteiger partial charge in [-0.05, 0) is 12.8 Å². The molecule has 0 radical (unpaired) electrons. The van der Waals surface area contributed by atoms with Crippen LogP contribution in [0.25, 0.3) is 0 Å². The molecular formula is C9H15O3P. The molecule has 13 heavy (non-hydrogen) atoms. The summed E-state index contributed by atoms with van der Waals surface area (Å²) in [5, 5.41) is 0. The van der Waals surface area contributed by atoms with Crippen LogP contribution in [0.4, 0.5) is 0 Å². The van der Waals surface area contributed by atoms with E-state index in [2.05, 4.69) is 17.7 Å². The molecule has 0 aliphatic heterocycles. The molecule has 0 aliphatic carbocycles. The zero-order valence-electron chi connectivity index (χ0n) is 7.53. The van der Waals surface area contributed by atoms with Gasteiger partial charge in [0.05, 0.1) is 6.61 Å². The van der Waals surface area contributed by atoms with Crippen molar-refractivity contribution >= 4 is 8.25 Å². The largest absolute Gasteiger partial charge is 0.326 e. The van der Waals surface area contributed by atoms with E-state index >= 15 is 0 Å². The van der Waals surface area contributed by atoms with Crippen molar-refractivity contribution in [1.82, 2.24) is 0 Å². The quantitative estimate of drug-likeness (QED) is 0.509. The molecule has 4 heteroatoms. The van der Waals surface area contributed by atoms with Crippen molar-refractivity contribution in [3.8, 4) is 0 Å². The van der Waals surface area contributed by atoms with E-state index in [0.717, 1.165) is 18.4 Å². The van der Waals surface area contributed by atoms with Gasteiger partial charge in [0, 0.05) is 0 Å². The van der Waals surface area contributed by atoms with Gasteiger partial charge in [0.2, 0.25) is 0 Å². The highest BCUT2D eigenvalue weighted by molar-refractivity contribution is 7.32. The van der Waals surface area contributed by atoms with Crippen molar-refractivity contribution in [3.05, 3.63) is 37.0 Å². The molecule has 1 atom stereocenters. The topological polar surface area (TPSA) is 46.5 Å². The number of hydrogen-bond acceptors (Lipinski definition) is 2. The molecule has 74 valence electrons. The minimum Gasteiger partial charge on any atom is -0.326 e. The van der Waals surface area contributed by atoms with E-state index < -0.39 is 8.25 Å². The summed E-state index contributed by atoms with van der Waals surface area (Å²) in [6, 6.07) is 0. The molecule has 0 aromatic carbocycles. The van der Waals surface area contributed by atoms with E-state index in [9.17, 15) is 4.57 Å². The second kappa shape index (κ2) is 7.99. The van der Waals surface area contributed by atoms with Gasteiger partial charge < -0.3 is 9.42 Å². The lowest BCUT2D eigenvalue weighted by atomic mass is 10.1. The number of hydrogen-bond donors (Lipinski definition) is 1. The van der Waals surface area contributed by atoms with Crippen LogP contribution >= 0.6 is 8.25 Å². The Kier molecular flexibility index (Phi) is 7.60. The van der Waals surface area contributed by atoms with Crippen molar-refractivity contribution in [3.63, 3.8) is 0 Å². The standard InChI is InChI=1S/C9H15O3P/c1-3-5-9(6-4-2)7-8-12-13(10)11/h3-4,7,13H,1-2,5-6,8H2,(H,10,11). The predicted octanol–water partition coefficient (Wildman–Crippen LogP) is 2.46. The second-order valence-electron chi connectivity index (χ2n) is 2.42. The van der Waals surface area contributed by atoms with Crippen molar-refractivity contribution in [1.29, 1.82) is 0 Å². The van der Waals surface area contributed by atoms with Crippen LogP contribution in [-0.2, 0) is 9.09 Å². The Morgan fingerprint density at radius 1 is 1.38 bits per heavy atom. The number of rotatable bonds is 7. The predicted molar refractivity (Wildman–Crippen MR) is 54.9 cm³/mol. The fourth-order valence-corrected chi connectivity index (χ4v) is 1.08. The van der Waals surface area contributed by atoms with Crippen molar-refractivity contribution in [2.24, 2.45) is 0 Å². The Balaban J connectivity index is 3.93. The average molecular weight is 202 g/mol. The van der Waals surface area contributed by atoms with Crippen molar-refractivity contribution in [2.45, 2.75) is 12.8 Å². The van der Waals surface area contributed by atoms with Crippen LogP contribution in [0.5, 0.6) is 0 Å². The van der Waals surface area contributed by atoms with Crippen molar-refractivity contribution in [2.75, 3.05) is 6.61 Å². The van der Waals surface area contributed by atoms with Gasteiger partial charge in [-0.15, -0.1) is 13.2 Å². The molecule has 0 saturated carbocycles. The highest BCUT2D eigenvalue weighted by Gasteiger charge is 1.93. The van der Waals surface area contributed by atoms with Crippen LogP contribution in [0.2, 0.25) is 0 Å². The molecule has 1 unspecified atom stereocenters. The highest BCUT2D eigenvalue weighted by atomic mass is 31.1. The molecule has 0 saturated heterocycles. The lowest BCUT2D eigenvalue weighted by Crippen LogP contribution is -1.85. The summed E-state index contributed by atoms with van der Waals surface area (Å²) in [4.78, 5) is 8.38. The molecule has 0 aromatic rings. The summed E-state index contributed by atoms with van der Waals surface area (Å²) in [7, 11) is -2.81. The van der Waals surface area contributed by atoms with E-state index in [1.807, 2.05) is 0 Å². The maximum atomic E-state index is 10.2. The first-order chi connectivity index (χ1) is 6.20. The molecule has 0 fully saturated rings. The van der Waals surface area contributed by atoms with Crippen LogP contribution < -0.4 is 0 Å². The molecule has 0 amide bonds. The maximum absolute atomic E-state index is 10.2. The third-order valence-electron chi connectivity index (χ3n) is 1.39. The Hall–Kier alpha value is -0.630. The minimum absolute atomic E-state index is 0.172. The van der Waals surface area contributed by atoms with Crippen LogP contribution in [0.1, 0.15) is 12.8 Å². The summed E-state index contributed by atoms with van der Waals surface area (Å²) in [5.74, 6) is 0. The van der Waals surface area contributed by atoms with Crippen LogP contribution in [0.15, 0.2) is 37.0 Å². The van der Waals surface area contributed by atoms with Gasteiger partial charge >= 0.3 is 8.25 Å². The lowest BCUT2D eigenvalue weighted by Gasteiger charge is -2.00. The Morgan fingerprint density at radius 2 is 1.92 bits per heavy atom. The van der Waals surface area contributed by atoms with Gasteiger partial charge in [0.15, 0.2) is 0 Å². The van der Waals surface area contributed by atoms with Gasteiger partial charge in [0.25, 0.3) is 0 Å². The molecule has 0 aliphatic rings. The monoisotopic (exact) mass is 202 g/mol. The Morgan fingerprint density at radius 3 is 2.31 bits per heavy atom. The summed E-state index contributed by atoms with van der Waals surface area (Å²) < 4.78 is 14.7. The molecule has 0 spiro atoms. The third kappa shape index (κ3) is 7.72. The average Bonchev–Trinajstić information content (AvgIpc) is 2.04. The van der Waals surface area contributed by atoms with E-state index in [4.69, 9.17) is 4.89 Å². The molecule has 0 aromatic heterocycles. The van der Waals surface area contributed by atoms with Crippen LogP contribution in [-0.4, -0.2) is 11.5 Å². The van der Waals surface area contributed by atoms with Gasteiger partial charge in [-0.2, -0.15) is 0 Å². The zero-order valence-corrected chi connectivity index (χ0v) is 8.53. The number of allylic oxidation sites excluding steroid dienone is 3. The van der Waals surface area contributed by atoms with Gasteiger partial charge in [-0.3, -0.25) is 4.57 Å². The minimum atomic E-state index is -2.81. The van der Waals surface area contributed by atoms with Gasteiger partial charge in [-0.1, -0.05) is 23.8 Å². The van der Waals surface area contributed by atoms with Gasteiger partial charge in [0.1, 0.15) is 0 Å². The lowest BCUT2D eigenvalue weighted by molar-refractivity contribution is 0.312. The van der Waals surface area contributed by atoms with E-state index in [1.165, 1.54) is 0 Å². The van der Waals surface area contributed by atoms with E-state index in [1.54, 1.807) is 18.2 Å². The zero-order chi connectivity index (χ0) is 10.1. The molecule has 1 N–H and O–H groups in total. The normalized spacial score (nSPS) is 11.8. The fourth-order valence-electron chi connectivity index (χ4n) is 0.852. The van der Waals surface area contributed by atoms with E-state index in [-0.39, 0.29) is 6.61 Å². The summed E-state index contributed by atoms with van der Waals surface area (Å²) >= 11 is 0. The maximum Gasteiger partial charge on any atom is 0.316 e. The van der Waals surface area contributed by atoms with Crippen LogP contribution in [0, 0.1) is 0 Å². The summed E-state index contributed by atoms with van der Waals surface area (Å²) in [5.41, 5.74) is 1.09. The van der Waals surface area contributed by atoms with Crippen molar-refractivity contribution < 1.29 is 14.0 Å². The smallest absolute Gasteiger partial charge is 0.316 e. The summed E-state index contributed by atoms with van der Waals surface area (Å²) in [6.07, 6.45) is 6.83. The SMILES string of the molecule is C=CCC(=CCO[PH](=O)O)CC=C. The van der Waals surface area contributed by atoms with Crippen LogP contribution in [0.3, 0.4) is 0 Å². The first-order valence-corrected chi connectivity index (χ1v) is 5.22. The molecule has 0 bridgehead atoms. The fraction of sp³-hybridized carbons (Fsp3) is 0.333. The Labute approximate surface area is 79.4 Å².